The topological polar surface area (TPSA) is 47.4 Å². The zero-order valence-electron chi connectivity index (χ0n) is 17.9. The molecule has 1 aromatic heterocycles. The van der Waals surface area contributed by atoms with E-state index in [1.54, 1.807) is 12.1 Å². The Morgan fingerprint density at radius 2 is 1.97 bits per heavy atom. The van der Waals surface area contributed by atoms with Gasteiger partial charge in [0.15, 0.2) is 6.29 Å². The van der Waals surface area contributed by atoms with Gasteiger partial charge in [0.25, 0.3) is 0 Å². The molecule has 0 spiro atoms. The fraction of sp³-hybridized carbons (Fsp3) is 0.391. The van der Waals surface area contributed by atoms with E-state index in [4.69, 9.17) is 9.72 Å². The van der Waals surface area contributed by atoms with Gasteiger partial charge in [0.05, 0.1) is 23.1 Å². The Morgan fingerprint density at radius 3 is 2.60 bits per heavy atom. The lowest BCUT2D eigenvalue weighted by Gasteiger charge is -2.22. The predicted octanol–water partition coefficient (Wildman–Crippen LogP) is 5.38. The van der Waals surface area contributed by atoms with E-state index in [0.29, 0.717) is 23.8 Å². The standard InChI is InChI=1S/C21H21F2N3O2.C2H6/c1-12-7-8-14-15(9-12)26-16(10-17(25(2)3)20(26)24-14)19-13(11-27)5-4-6-18(19)28-21(22)23;1-2/h4-9,11,16-17,21H,10H2,1-3H3;1-2H3. The number of aryl methyl sites for hydroxylation is 1. The smallest absolute Gasteiger partial charge is 0.387 e. The van der Waals surface area contributed by atoms with Crippen molar-refractivity contribution in [3.05, 3.63) is 58.9 Å². The third-order valence-corrected chi connectivity index (χ3v) is 5.33. The van der Waals surface area contributed by atoms with Gasteiger partial charge in [-0.1, -0.05) is 32.0 Å². The van der Waals surface area contributed by atoms with Gasteiger partial charge in [0.2, 0.25) is 0 Å². The summed E-state index contributed by atoms with van der Waals surface area (Å²) in [6.45, 7) is 3.03. The lowest BCUT2D eigenvalue weighted by molar-refractivity contribution is -0.0507. The second-order valence-corrected chi connectivity index (χ2v) is 7.32. The molecule has 0 radical (unpaired) electrons. The summed E-state index contributed by atoms with van der Waals surface area (Å²) in [6, 6.07) is 10.3. The van der Waals surface area contributed by atoms with Crippen molar-refractivity contribution in [2.24, 2.45) is 0 Å². The van der Waals surface area contributed by atoms with Crippen LogP contribution in [0.1, 0.15) is 59.7 Å². The van der Waals surface area contributed by atoms with Crippen LogP contribution < -0.4 is 4.74 Å². The van der Waals surface area contributed by atoms with Crippen LogP contribution in [-0.4, -0.2) is 41.4 Å². The van der Waals surface area contributed by atoms with Crippen molar-refractivity contribution < 1.29 is 18.3 Å². The normalized spacial score (nSPS) is 17.8. The summed E-state index contributed by atoms with van der Waals surface area (Å²) in [5.41, 5.74) is 3.67. The molecule has 2 atom stereocenters. The molecule has 0 fully saturated rings. The molecule has 3 aromatic rings. The molecule has 0 amide bonds. The molecule has 0 saturated carbocycles. The summed E-state index contributed by atoms with van der Waals surface area (Å²) in [7, 11) is 3.92. The Kier molecular flexibility index (Phi) is 6.51. The molecule has 160 valence electrons. The molecule has 30 heavy (non-hydrogen) atoms. The third-order valence-electron chi connectivity index (χ3n) is 5.33. The average Bonchev–Trinajstić information content (AvgIpc) is 3.26. The van der Waals surface area contributed by atoms with Crippen molar-refractivity contribution in [2.45, 2.75) is 45.9 Å². The Morgan fingerprint density at radius 1 is 1.23 bits per heavy atom. The number of imidazole rings is 1. The summed E-state index contributed by atoms with van der Waals surface area (Å²) in [4.78, 5) is 18.6. The summed E-state index contributed by atoms with van der Waals surface area (Å²) < 4.78 is 32.9. The van der Waals surface area contributed by atoms with E-state index in [9.17, 15) is 13.6 Å². The number of nitrogens with zero attached hydrogens (tertiary/aromatic N) is 3. The molecule has 2 aromatic carbocycles. The lowest BCUT2D eigenvalue weighted by Crippen LogP contribution is -2.18. The molecule has 4 rings (SSSR count). The van der Waals surface area contributed by atoms with Gasteiger partial charge in [-0.05, 0) is 51.2 Å². The summed E-state index contributed by atoms with van der Waals surface area (Å²) in [5.74, 6) is 0.892. The maximum atomic E-state index is 13.0. The van der Waals surface area contributed by atoms with Gasteiger partial charge in [-0.15, -0.1) is 0 Å². The average molecular weight is 415 g/mol. The second-order valence-electron chi connectivity index (χ2n) is 7.32. The maximum absolute atomic E-state index is 13.0. The number of ether oxygens (including phenoxy) is 1. The summed E-state index contributed by atoms with van der Waals surface area (Å²) in [5, 5.41) is 0. The van der Waals surface area contributed by atoms with Crippen LogP contribution in [0.4, 0.5) is 8.78 Å². The van der Waals surface area contributed by atoms with Crippen LogP contribution in [0.15, 0.2) is 36.4 Å². The summed E-state index contributed by atoms with van der Waals surface area (Å²) >= 11 is 0. The minimum absolute atomic E-state index is 0.00295. The van der Waals surface area contributed by atoms with E-state index >= 15 is 0 Å². The third kappa shape index (κ3) is 3.81. The number of hydrogen-bond acceptors (Lipinski definition) is 4. The Bertz CT molecular complexity index is 1050. The van der Waals surface area contributed by atoms with E-state index in [1.807, 2.05) is 53.1 Å². The zero-order valence-corrected chi connectivity index (χ0v) is 17.9. The first-order valence-electron chi connectivity index (χ1n) is 10.1. The van der Waals surface area contributed by atoms with Crippen molar-refractivity contribution >= 4 is 17.3 Å². The van der Waals surface area contributed by atoms with E-state index < -0.39 is 6.61 Å². The molecule has 1 aliphatic rings. The van der Waals surface area contributed by atoms with Crippen LogP contribution in [0.2, 0.25) is 0 Å². The van der Waals surface area contributed by atoms with Crippen molar-refractivity contribution in [1.82, 2.24) is 14.5 Å². The Balaban J connectivity index is 0.00000124. The molecule has 1 aliphatic heterocycles. The fourth-order valence-electron chi connectivity index (χ4n) is 4.11. The van der Waals surface area contributed by atoms with Gasteiger partial charge < -0.3 is 9.30 Å². The van der Waals surface area contributed by atoms with E-state index in [1.165, 1.54) is 6.07 Å². The number of carbonyl (C=O) groups excluding carboxylic acids is 1. The molecule has 0 bridgehead atoms. The highest BCUT2D eigenvalue weighted by atomic mass is 19.3. The van der Waals surface area contributed by atoms with Gasteiger partial charge in [-0.2, -0.15) is 8.78 Å². The van der Waals surface area contributed by atoms with Crippen LogP contribution in [0.25, 0.3) is 11.0 Å². The predicted molar refractivity (Wildman–Crippen MR) is 113 cm³/mol. The van der Waals surface area contributed by atoms with Crippen LogP contribution in [0.3, 0.4) is 0 Å². The van der Waals surface area contributed by atoms with Gasteiger partial charge in [0.1, 0.15) is 11.6 Å². The molecule has 5 nitrogen and oxygen atoms in total. The highest BCUT2D eigenvalue weighted by Crippen LogP contribution is 2.46. The van der Waals surface area contributed by atoms with Gasteiger partial charge >= 0.3 is 6.61 Å². The lowest BCUT2D eigenvalue weighted by atomic mass is 9.96. The quantitative estimate of drug-likeness (QED) is 0.525. The fourth-order valence-corrected chi connectivity index (χ4v) is 4.11. The molecule has 7 heteroatoms. The minimum Gasteiger partial charge on any atom is -0.434 e. The van der Waals surface area contributed by atoms with Crippen molar-refractivity contribution in [1.29, 1.82) is 0 Å². The summed E-state index contributed by atoms with van der Waals surface area (Å²) in [6.07, 6.45) is 1.31. The SMILES string of the molecule is CC.Cc1ccc2nc3n(c2c1)C(c1c(C=O)cccc1OC(F)F)CC3N(C)C. The molecule has 2 heterocycles. The maximum Gasteiger partial charge on any atom is 0.387 e. The molecular formula is C23H27F2N3O2. The van der Waals surface area contributed by atoms with Gasteiger partial charge in [-0.3, -0.25) is 9.69 Å². The Hall–Kier alpha value is -2.80. The first kappa shape index (κ1) is 21.9. The Labute approximate surface area is 175 Å². The number of fused-ring (bicyclic) bond motifs is 3. The van der Waals surface area contributed by atoms with E-state index in [-0.39, 0.29) is 17.8 Å². The van der Waals surface area contributed by atoms with Crippen LogP contribution in [0, 0.1) is 6.92 Å². The number of hydrogen-bond donors (Lipinski definition) is 0. The minimum atomic E-state index is -2.96. The highest BCUT2D eigenvalue weighted by Gasteiger charge is 2.38. The molecule has 0 aliphatic carbocycles. The first-order valence-corrected chi connectivity index (χ1v) is 10.1. The molecule has 0 N–H and O–H groups in total. The van der Waals surface area contributed by atoms with Crippen molar-refractivity contribution in [3.63, 3.8) is 0 Å². The molecule has 0 saturated heterocycles. The van der Waals surface area contributed by atoms with Crippen molar-refractivity contribution in [3.8, 4) is 5.75 Å². The van der Waals surface area contributed by atoms with Gasteiger partial charge in [0, 0.05) is 11.1 Å². The van der Waals surface area contributed by atoms with Crippen LogP contribution in [-0.2, 0) is 0 Å². The van der Waals surface area contributed by atoms with E-state index in [2.05, 4.69) is 9.47 Å². The van der Waals surface area contributed by atoms with Gasteiger partial charge in [-0.25, -0.2) is 4.98 Å². The number of aldehydes is 1. The van der Waals surface area contributed by atoms with Crippen LogP contribution >= 0.6 is 0 Å². The molecule has 2 unspecified atom stereocenters. The van der Waals surface area contributed by atoms with Crippen LogP contribution in [0.5, 0.6) is 5.75 Å². The first-order chi connectivity index (χ1) is 14.4. The monoisotopic (exact) mass is 415 g/mol. The highest BCUT2D eigenvalue weighted by molar-refractivity contribution is 5.81. The van der Waals surface area contributed by atoms with Crippen molar-refractivity contribution in [2.75, 3.05) is 14.1 Å². The number of carbonyl (C=O) groups is 1. The number of benzene rings is 2. The second kappa shape index (κ2) is 8.92. The van der Waals surface area contributed by atoms with E-state index in [0.717, 1.165) is 22.4 Å². The largest absolute Gasteiger partial charge is 0.434 e. The molecular weight excluding hydrogens is 388 g/mol. The number of halogens is 2. The zero-order chi connectivity index (χ0) is 22.0. The number of rotatable bonds is 5. The number of alkyl halides is 2. The number of aromatic nitrogens is 2.